The van der Waals surface area contributed by atoms with E-state index in [9.17, 15) is 9.59 Å². The lowest BCUT2D eigenvalue weighted by Gasteiger charge is -2.17. The second-order valence-electron chi connectivity index (χ2n) is 5.94. The molecule has 0 saturated carbocycles. The van der Waals surface area contributed by atoms with E-state index in [0.717, 1.165) is 5.69 Å². The van der Waals surface area contributed by atoms with Crippen LogP contribution in [-0.4, -0.2) is 39.6 Å². The number of amides is 2. The standard InChI is InChI=1S/C18H16N6O2S/c25-16(22-18-23-20-11-27-18)12-6-7-15(19-10-12)21-14-8-9-24(17(14)26)13-4-2-1-3-5-13/h1-7,10-11,14H,8-9H2,(H,19,21)(H,22,23,25). The minimum absolute atomic E-state index is 0.0149. The fraction of sp³-hybridized carbons (Fsp3) is 0.167. The summed E-state index contributed by atoms with van der Waals surface area (Å²) in [4.78, 5) is 30.8. The number of hydrogen-bond acceptors (Lipinski definition) is 7. The average molecular weight is 380 g/mol. The van der Waals surface area contributed by atoms with Crippen molar-refractivity contribution in [2.24, 2.45) is 0 Å². The number of carbonyl (C=O) groups excluding carboxylic acids is 2. The zero-order valence-corrected chi connectivity index (χ0v) is 15.0. The van der Waals surface area contributed by atoms with Crippen LogP contribution in [0.5, 0.6) is 0 Å². The molecule has 4 rings (SSSR count). The lowest BCUT2D eigenvalue weighted by atomic mass is 10.2. The Hall–Kier alpha value is -3.33. The minimum atomic E-state index is -0.334. The molecule has 8 nitrogen and oxygen atoms in total. The highest BCUT2D eigenvalue weighted by molar-refractivity contribution is 7.13. The van der Waals surface area contributed by atoms with Gasteiger partial charge in [-0.05, 0) is 30.7 Å². The lowest BCUT2D eigenvalue weighted by Crippen LogP contribution is -2.33. The maximum atomic E-state index is 12.6. The fourth-order valence-corrected chi connectivity index (χ4v) is 3.31. The zero-order chi connectivity index (χ0) is 18.6. The number of aromatic nitrogens is 3. The van der Waals surface area contributed by atoms with E-state index < -0.39 is 0 Å². The van der Waals surface area contributed by atoms with Crippen LogP contribution < -0.4 is 15.5 Å². The summed E-state index contributed by atoms with van der Waals surface area (Å²) >= 11 is 1.24. The molecule has 1 unspecified atom stereocenters. The second kappa shape index (κ2) is 7.50. The van der Waals surface area contributed by atoms with Crippen molar-refractivity contribution in [3.8, 4) is 0 Å². The number of hydrogen-bond donors (Lipinski definition) is 2. The summed E-state index contributed by atoms with van der Waals surface area (Å²) in [5, 5.41) is 13.7. The third-order valence-corrected chi connectivity index (χ3v) is 4.81. The highest BCUT2D eigenvalue weighted by atomic mass is 32.1. The molecule has 1 atom stereocenters. The first kappa shape index (κ1) is 17.1. The number of benzene rings is 1. The quantitative estimate of drug-likeness (QED) is 0.705. The largest absolute Gasteiger partial charge is 0.358 e. The van der Waals surface area contributed by atoms with Crippen LogP contribution in [0.4, 0.5) is 16.6 Å². The van der Waals surface area contributed by atoms with Crippen LogP contribution in [0.25, 0.3) is 0 Å². The number of nitrogens with zero attached hydrogens (tertiary/aromatic N) is 4. The summed E-state index contributed by atoms with van der Waals surface area (Å²) < 4.78 is 0. The first-order valence-corrected chi connectivity index (χ1v) is 9.25. The predicted molar refractivity (Wildman–Crippen MR) is 103 cm³/mol. The smallest absolute Gasteiger partial charge is 0.259 e. The highest BCUT2D eigenvalue weighted by Gasteiger charge is 2.32. The Bertz CT molecular complexity index is 930. The molecule has 0 radical (unpaired) electrons. The SMILES string of the molecule is O=C(Nc1nncs1)c1ccc(NC2CCN(c3ccccc3)C2=O)nc1. The van der Waals surface area contributed by atoms with Gasteiger partial charge in [-0.3, -0.25) is 14.9 Å². The minimum Gasteiger partial charge on any atom is -0.358 e. The first-order valence-electron chi connectivity index (χ1n) is 8.37. The van der Waals surface area contributed by atoms with Gasteiger partial charge in [0, 0.05) is 18.4 Å². The Labute approximate surface area is 159 Å². The molecule has 1 aromatic carbocycles. The van der Waals surface area contributed by atoms with Crippen LogP contribution in [0.1, 0.15) is 16.8 Å². The maximum Gasteiger partial charge on any atom is 0.259 e. The van der Waals surface area contributed by atoms with E-state index in [-0.39, 0.29) is 17.9 Å². The second-order valence-corrected chi connectivity index (χ2v) is 6.77. The van der Waals surface area contributed by atoms with E-state index in [2.05, 4.69) is 25.8 Å². The molecule has 3 heterocycles. The molecule has 1 aliphatic rings. The van der Waals surface area contributed by atoms with Crippen LogP contribution in [-0.2, 0) is 4.79 Å². The Kier molecular flexibility index (Phi) is 4.75. The average Bonchev–Trinajstić information content (AvgIpc) is 3.33. The number of para-hydroxylation sites is 1. The Morgan fingerprint density at radius 1 is 1.19 bits per heavy atom. The van der Waals surface area contributed by atoms with Crippen LogP contribution in [0.3, 0.4) is 0 Å². The molecule has 0 aliphatic carbocycles. The summed E-state index contributed by atoms with van der Waals surface area (Å²) in [6.45, 7) is 0.656. The Balaban J connectivity index is 1.39. The van der Waals surface area contributed by atoms with Crippen LogP contribution in [0.2, 0.25) is 0 Å². The topological polar surface area (TPSA) is 100 Å². The number of carbonyl (C=O) groups is 2. The first-order chi connectivity index (χ1) is 13.2. The van der Waals surface area contributed by atoms with Gasteiger partial charge in [0.25, 0.3) is 5.91 Å². The molecule has 2 aromatic heterocycles. The molecule has 2 amide bonds. The van der Waals surface area contributed by atoms with E-state index in [1.165, 1.54) is 23.0 Å². The van der Waals surface area contributed by atoms with Crippen LogP contribution in [0, 0.1) is 0 Å². The number of anilines is 3. The van der Waals surface area contributed by atoms with Crippen molar-refractivity contribution < 1.29 is 9.59 Å². The third-order valence-electron chi connectivity index (χ3n) is 4.20. The van der Waals surface area contributed by atoms with Crippen molar-refractivity contribution in [2.75, 3.05) is 22.1 Å². The predicted octanol–water partition coefficient (Wildman–Crippen LogP) is 2.40. The Morgan fingerprint density at radius 3 is 2.74 bits per heavy atom. The van der Waals surface area contributed by atoms with E-state index in [1.807, 2.05) is 30.3 Å². The molecule has 1 fully saturated rings. The lowest BCUT2D eigenvalue weighted by molar-refractivity contribution is -0.117. The van der Waals surface area contributed by atoms with Crippen molar-refractivity contribution in [2.45, 2.75) is 12.5 Å². The van der Waals surface area contributed by atoms with Crippen molar-refractivity contribution >= 4 is 39.8 Å². The van der Waals surface area contributed by atoms with E-state index in [1.54, 1.807) is 17.0 Å². The molecule has 27 heavy (non-hydrogen) atoms. The van der Waals surface area contributed by atoms with Gasteiger partial charge >= 0.3 is 0 Å². The molecule has 1 saturated heterocycles. The molecular weight excluding hydrogens is 364 g/mol. The molecule has 136 valence electrons. The van der Waals surface area contributed by atoms with Gasteiger partial charge < -0.3 is 10.2 Å². The zero-order valence-electron chi connectivity index (χ0n) is 14.2. The van der Waals surface area contributed by atoms with Gasteiger partial charge in [-0.15, -0.1) is 10.2 Å². The van der Waals surface area contributed by atoms with Crippen molar-refractivity contribution in [1.82, 2.24) is 15.2 Å². The van der Waals surface area contributed by atoms with Crippen molar-refractivity contribution in [3.05, 3.63) is 59.7 Å². The normalized spacial score (nSPS) is 16.4. The summed E-state index contributed by atoms with van der Waals surface area (Å²) in [6, 6.07) is 12.6. The summed E-state index contributed by atoms with van der Waals surface area (Å²) in [7, 11) is 0. The molecule has 2 N–H and O–H groups in total. The molecule has 0 spiro atoms. The van der Waals surface area contributed by atoms with E-state index in [4.69, 9.17) is 0 Å². The van der Waals surface area contributed by atoms with E-state index >= 15 is 0 Å². The third kappa shape index (κ3) is 3.77. The van der Waals surface area contributed by atoms with Gasteiger partial charge in [0.05, 0.1) is 5.56 Å². The molecule has 3 aromatic rings. The molecule has 0 bridgehead atoms. The fourth-order valence-electron chi connectivity index (χ4n) is 2.87. The van der Waals surface area contributed by atoms with Gasteiger partial charge in [0.2, 0.25) is 11.0 Å². The summed E-state index contributed by atoms with van der Waals surface area (Å²) in [5.41, 5.74) is 2.83. The van der Waals surface area contributed by atoms with Gasteiger partial charge in [-0.1, -0.05) is 29.5 Å². The molecule has 9 heteroatoms. The number of nitrogens with one attached hydrogen (secondary N) is 2. The van der Waals surface area contributed by atoms with E-state index in [0.29, 0.717) is 29.5 Å². The van der Waals surface area contributed by atoms with Gasteiger partial charge in [-0.25, -0.2) is 4.98 Å². The van der Waals surface area contributed by atoms with Crippen molar-refractivity contribution in [1.29, 1.82) is 0 Å². The number of rotatable bonds is 5. The van der Waals surface area contributed by atoms with Crippen LogP contribution in [0.15, 0.2) is 54.2 Å². The summed E-state index contributed by atoms with van der Waals surface area (Å²) in [5.74, 6) is 0.259. The summed E-state index contributed by atoms with van der Waals surface area (Å²) in [6.07, 6.45) is 2.15. The molecule has 1 aliphatic heterocycles. The van der Waals surface area contributed by atoms with Gasteiger partial charge in [0.15, 0.2) is 0 Å². The van der Waals surface area contributed by atoms with Crippen LogP contribution >= 0.6 is 11.3 Å². The van der Waals surface area contributed by atoms with Gasteiger partial charge in [-0.2, -0.15) is 0 Å². The van der Waals surface area contributed by atoms with Gasteiger partial charge in [0.1, 0.15) is 17.4 Å². The molecular formula is C18H16N6O2S. The van der Waals surface area contributed by atoms with Crippen molar-refractivity contribution in [3.63, 3.8) is 0 Å². The Morgan fingerprint density at radius 2 is 2.04 bits per heavy atom. The monoisotopic (exact) mass is 380 g/mol. The maximum absolute atomic E-state index is 12.6. The highest BCUT2D eigenvalue weighted by Crippen LogP contribution is 2.23. The number of pyridine rings is 1.